The fourth-order valence-corrected chi connectivity index (χ4v) is 3.28. The van der Waals surface area contributed by atoms with E-state index in [0.29, 0.717) is 0 Å². The fourth-order valence-electron chi connectivity index (χ4n) is 2.41. The van der Waals surface area contributed by atoms with Gasteiger partial charge in [0.1, 0.15) is 10.8 Å². The molecule has 0 amide bonds. The van der Waals surface area contributed by atoms with Gasteiger partial charge in [-0.2, -0.15) is 0 Å². The first-order valence-electron chi connectivity index (χ1n) is 6.94. The maximum absolute atomic E-state index is 5.85. The number of furan rings is 1. The third-order valence-electron chi connectivity index (χ3n) is 3.45. The Morgan fingerprint density at radius 1 is 1.09 bits per heavy atom. The molecule has 4 rings (SSSR count). The second kappa shape index (κ2) is 5.31. The molecule has 0 aliphatic heterocycles. The van der Waals surface area contributed by atoms with Crippen LogP contribution in [0.5, 0.6) is 5.75 Å². The van der Waals surface area contributed by atoms with Gasteiger partial charge in [0.2, 0.25) is 0 Å². The zero-order chi connectivity index (χ0) is 14.9. The predicted octanol–water partition coefficient (Wildman–Crippen LogP) is 5.22. The van der Waals surface area contributed by atoms with Crippen LogP contribution in [0.1, 0.15) is 10.8 Å². The van der Waals surface area contributed by atoms with Crippen LogP contribution in [-0.4, -0.2) is 12.1 Å². The molecule has 0 atom stereocenters. The molecule has 4 aromatic rings. The Balaban J connectivity index is 1.70. The highest BCUT2D eigenvalue weighted by molar-refractivity contribution is 7.19. The van der Waals surface area contributed by atoms with E-state index < -0.39 is 0 Å². The summed E-state index contributed by atoms with van der Waals surface area (Å²) in [5.41, 5.74) is 1.80. The van der Waals surface area contributed by atoms with Crippen molar-refractivity contribution in [2.75, 3.05) is 7.11 Å². The molecule has 0 fully saturated rings. The van der Waals surface area contributed by atoms with Gasteiger partial charge in [-0.25, -0.2) is 4.98 Å². The number of nitrogens with zero attached hydrogens (tertiary/aromatic N) is 1. The molecule has 0 saturated carbocycles. The molecule has 0 N–H and O–H groups in total. The summed E-state index contributed by atoms with van der Waals surface area (Å²) in [6.45, 7) is 0. The Kier molecular flexibility index (Phi) is 3.16. The van der Waals surface area contributed by atoms with Gasteiger partial charge >= 0.3 is 0 Å². The quantitative estimate of drug-likeness (QED) is 0.520. The molecular weight excluding hydrogens is 294 g/mol. The second-order valence-corrected chi connectivity index (χ2v) is 5.94. The van der Waals surface area contributed by atoms with Gasteiger partial charge in [0.25, 0.3) is 0 Å². The van der Waals surface area contributed by atoms with Crippen molar-refractivity contribution in [2.45, 2.75) is 0 Å². The van der Waals surface area contributed by atoms with Gasteiger partial charge in [0.05, 0.1) is 17.3 Å². The lowest BCUT2D eigenvalue weighted by molar-refractivity contribution is 0.410. The smallest absolute Gasteiger partial charge is 0.176 e. The first kappa shape index (κ1) is 13.1. The molecule has 4 heteroatoms. The van der Waals surface area contributed by atoms with Gasteiger partial charge in [-0.05, 0) is 36.4 Å². The van der Waals surface area contributed by atoms with Gasteiger partial charge in [-0.3, -0.25) is 0 Å². The summed E-state index contributed by atoms with van der Waals surface area (Å²) in [4.78, 5) is 4.58. The minimum atomic E-state index is 0.747. The van der Waals surface area contributed by atoms with Crippen LogP contribution in [-0.2, 0) is 0 Å². The summed E-state index contributed by atoms with van der Waals surface area (Å²) in [6, 6.07) is 16.0. The summed E-state index contributed by atoms with van der Waals surface area (Å²) in [6.07, 6.45) is 3.92. The zero-order valence-corrected chi connectivity index (χ0v) is 12.8. The maximum atomic E-state index is 5.85. The minimum absolute atomic E-state index is 0.747. The first-order chi connectivity index (χ1) is 10.8. The monoisotopic (exact) mass is 307 g/mol. The van der Waals surface area contributed by atoms with Gasteiger partial charge in [0, 0.05) is 5.39 Å². The lowest BCUT2D eigenvalue weighted by Gasteiger charge is -1.98. The van der Waals surface area contributed by atoms with Gasteiger partial charge in [-0.1, -0.05) is 24.3 Å². The van der Waals surface area contributed by atoms with E-state index in [9.17, 15) is 0 Å². The molecule has 2 heterocycles. The van der Waals surface area contributed by atoms with Crippen molar-refractivity contribution in [3.05, 3.63) is 59.3 Å². The standard InChI is InChI=1S/C18H13NO2S/c1-20-15-7-4-5-12-11-13(21-18(12)15)9-10-17-19-14-6-2-3-8-16(14)22-17/h2-11H,1H3/b10-9+. The molecule has 2 aromatic heterocycles. The van der Waals surface area contributed by atoms with E-state index in [2.05, 4.69) is 11.1 Å². The van der Waals surface area contributed by atoms with Crippen molar-refractivity contribution < 1.29 is 9.15 Å². The lowest BCUT2D eigenvalue weighted by Crippen LogP contribution is -1.81. The molecule has 0 spiro atoms. The fraction of sp³-hybridized carbons (Fsp3) is 0.0556. The zero-order valence-electron chi connectivity index (χ0n) is 11.9. The number of aromatic nitrogens is 1. The molecule has 0 saturated heterocycles. The van der Waals surface area contributed by atoms with Crippen LogP contribution in [0.3, 0.4) is 0 Å². The van der Waals surface area contributed by atoms with Crippen molar-refractivity contribution in [2.24, 2.45) is 0 Å². The summed E-state index contributed by atoms with van der Waals surface area (Å²) >= 11 is 1.67. The maximum Gasteiger partial charge on any atom is 0.176 e. The molecule has 0 unspecified atom stereocenters. The van der Waals surface area contributed by atoms with Crippen molar-refractivity contribution in [3.63, 3.8) is 0 Å². The van der Waals surface area contributed by atoms with E-state index in [0.717, 1.165) is 33.0 Å². The molecule has 22 heavy (non-hydrogen) atoms. The third-order valence-corrected chi connectivity index (χ3v) is 4.45. The highest BCUT2D eigenvalue weighted by atomic mass is 32.1. The Morgan fingerprint density at radius 3 is 2.86 bits per heavy atom. The summed E-state index contributed by atoms with van der Waals surface area (Å²) < 4.78 is 12.4. The van der Waals surface area contributed by atoms with Gasteiger partial charge < -0.3 is 9.15 Å². The average Bonchev–Trinajstić information content (AvgIpc) is 3.15. The number of benzene rings is 2. The Hall–Kier alpha value is -2.59. The molecular formula is C18H13NO2S. The van der Waals surface area contributed by atoms with E-state index in [1.807, 2.05) is 54.6 Å². The van der Waals surface area contributed by atoms with Crippen LogP contribution in [0.25, 0.3) is 33.3 Å². The molecule has 3 nitrogen and oxygen atoms in total. The number of thiazole rings is 1. The minimum Gasteiger partial charge on any atom is -0.493 e. The molecule has 0 aliphatic rings. The number of fused-ring (bicyclic) bond motifs is 2. The van der Waals surface area contributed by atoms with E-state index >= 15 is 0 Å². The van der Waals surface area contributed by atoms with Crippen LogP contribution in [0.4, 0.5) is 0 Å². The number of para-hydroxylation sites is 2. The number of hydrogen-bond donors (Lipinski definition) is 0. The average molecular weight is 307 g/mol. The van der Waals surface area contributed by atoms with Crippen LogP contribution in [0.15, 0.2) is 52.9 Å². The van der Waals surface area contributed by atoms with Crippen molar-refractivity contribution in [1.82, 2.24) is 4.98 Å². The SMILES string of the molecule is COc1cccc2cc(/C=C/c3nc4ccccc4s3)oc12. The molecule has 0 radical (unpaired) electrons. The van der Waals surface area contributed by atoms with Gasteiger partial charge in [0.15, 0.2) is 11.3 Å². The topological polar surface area (TPSA) is 35.3 Å². The highest BCUT2D eigenvalue weighted by Crippen LogP contribution is 2.29. The van der Waals surface area contributed by atoms with E-state index in [-0.39, 0.29) is 0 Å². The normalized spacial score (nSPS) is 11.7. The van der Waals surface area contributed by atoms with E-state index in [4.69, 9.17) is 9.15 Å². The number of methoxy groups -OCH3 is 1. The van der Waals surface area contributed by atoms with Crippen molar-refractivity contribution >= 4 is 44.7 Å². The Bertz CT molecular complexity index is 948. The Labute approximate surface area is 131 Å². The van der Waals surface area contributed by atoms with Crippen LogP contribution < -0.4 is 4.74 Å². The van der Waals surface area contributed by atoms with Crippen molar-refractivity contribution in [1.29, 1.82) is 0 Å². The molecule has 0 aliphatic carbocycles. The summed E-state index contributed by atoms with van der Waals surface area (Å²) in [7, 11) is 1.65. The molecule has 108 valence electrons. The Morgan fingerprint density at radius 2 is 2.00 bits per heavy atom. The summed E-state index contributed by atoms with van der Waals surface area (Å²) in [5, 5.41) is 2.00. The third kappa shape index (κ3) is 2.27. The van der Waals surface area contributed by atoms with Crippen LogP contribution in [0, 0.1) is 0 Å². The van der Waals surface area contributed by atoms with E-state index in [1.165, 1.54) is 4.70 Å². The van der Waals surface area contributed by atoms with E-state index in [1.54, 1.807) is 18.4 Å². The number of ether oxygens (including phenoxy) is 1. The summed E-state index contributed by atoms with van der Waals surface area (Å²) in [5.74, 6) is 1.54. The number of rotatable bonds is 3. The van der Waals surface area contributed by atoms with Crippen molar-refractivity contribution in [3.8, 4) is 5.75 Å². The van der Waals surface area contributed by atoms with Crippen LogP contribution in [0.2, 0.25) is 0 Å². The number of hydrogen-bond acceptors (Lipinski definition) is 4. The largest absolute Gasteiger partial charge is 0.493 e. The molecule has 2 aromatic carbocycles. The first-order valence-corrected chi connectivity index (χ1v) is 7.75. The predicted molar refractivity (Wildman–Crippen MR) is 91.3 cm³/mol. The highest BCUT2D eigenvalue weighted by Gasteiger charge is 2.07. The van der Waals surface area contributed by atoms with Crippen LogP contribution >= 0.6 is 11.3 Å². The second-order valence-electron chi connectivity index (χ2n) is 4.88. The molecule has 0 bridgehead atoms. The lowest BCUT2D eigenvalue weighted by atomic mass is 10.2. The van der Waals surface area contributed by atoms with Gasteiger partial charge in [-0.15, -0.1) is 11.3 Å².